The Balaban J connectivity index is 3.85. The van der Waals surface area contributed by atoms with Gasteiger partial charge in [-0.15, -0.1) is 0 Å². The molecule has 0 rings (SSSR count). The van der Waals surface area contributed by atoms with Gasteiger partial charge >= 0.3 is 12.3 Å². The zero-order valence-corrected chi connectivity index (χ0v) is 6.37. The summed E-state index contributed by atoms with van der Waals surface area (Å²) in [5.41, 5.74) is 0. The summed E-state index contributed by atoms with van der Waals surface area (Å²) in [5.74, 6) is 0. The molecule has 0 radical (unpaired) electrons. The molecule has 0 aliphatic rings. The first-order valence-electron chi connectivity index (χ1n) is 3.23. The van der Waals surface area contributed by atoms with E-state index in [-0.39, 0.29) is 13.0 Å². The normalized spacial score (nSPS) is 12.6. The summed E-state index contributed by atoms with van der Waals surface area (Å²) in [4.78, 5) is 2.76. The van der Waals surface area contributed by atoms with E-state index in [1.165, 1.54) is 0 Å². The summed E-state index contributed by atoms with van der Waals surface area (Å²) in [7, 11) is 0. The van der Waals surface area contributed by atoms with Gasteiger partial charge in [-0.05, 0) is 0 Å². The Morgan fingerprint density at radius 1 is 1.15 bits per heavy atom. The SMILES string of the molecule is [C-]#[N+]CCCOC(F)(F)C(F)(F)F. The van der Waals surface area contributed by atoms with Gasteiger partial charge in [-0.25, -0.2) is 6.57 Å². The Labute approximate surface area is 71.1 Å². The highest BCUT2D eigenvalue weighted by Gasteiger charge is 2.59. The van der Waals surface area contributed by atoms with Crippen LogP contribution in [-0.2, 0) is 4.74 Å². The largest absolute Gasteiger partial charge is 0.482 e. The molecular weight excluding hydrogens is 197 g/mol. The number of rotatable bonds is 4. The van der Waals surface area contributed by atoms with Gasteiger partial charge < -0.3 is 9.58 Å². The summed E-state index contributed by atoms with van der Waals surface area (Å²) in [6.45, 7) is 5.31. The molecule has 0 saturated heterocycles. The highest BCUT2D eigenvalue weighted by Crippen LogP contribution is 2.36. The van der Waals surface area contributed by atoms with E-state index in [0.717, 1.165) is 0 Å². The quantitative estimate of drug-likeness (QED) is 0.388. The van der Waals surface area contributed by atoms with Crippen LogP contribution in [0.4, 0.5) is 22.0 Å². The fourth-order valence-electron chi connectivity index (χ4n) is 0.426. The lowest BCUT2D eigenvalue weighted by molar-refractivity contribution is -0.391. The zero-order valence-electron chi connectivity index (χ0n) is 6.37. The van der Waals surface area contributed by atoms with Gasteiger partial charge in [-0.2, -0.15) is 22.0 Å². The maximum absolute atomic E-state index is 11.9. The summed E-state index contributed by atoms with van der Waals surface area (Å²) in [5, 5.41) is 0. The van der Waals surface area contributed by atoms with Crippen molar-refractivity contribution in [3.63, 3.8) is 0 Å². The summed E-state index contributed by atoms with van der Waals surface area (Å²) in [6.07, 6.45) is -10.9. The van der Waals surface area contributed by atoms with Crippen LogP contribution in [0.25, 0.3) is 4.85 Å². The third-order valence-electron chi connectivity index (χ3n) is 1.03. The van der Waals surface area contributed by atoms with Gasteiger partial charge in [-0.3, -0.25) is 0 Å². The number of nitrogens with zero attached hydrogens (tertiary/aromatic N) is 1. The lowest BCUT2D eigenvalue weighted by Crippen LogP contribution is -2.39. The Morgan fingerprint density at radius 3 is 2.08 bits per heavy atom. The van der Waals surface area contributed by atoms with Crippen molar-refractivity contribution in [1.82, 2.24) is 0 Å². The van der Waals surface area contributed by atoms with Crippen molar-refractivity contribution in [2.75, 3.05) is 13.2 Å². The molecule has 0 aliphatic carbocycles. The van der Waals surface area contributed by atoms with Gasteiger partial charge in [-0.1, -0.05) is 0 Å². The van der Waals surface area contributed by atoms with Crippen LogP contribution in [0.5, 0.6) is 0 Å². The van der Waals surface area contributed by atoms with Crippen molar-refractivity contribution in [3.05, 3.63) is 11.4 Å². The lowest BCUT2D eigenvalue weighted by atomic mass is 10.4. The van der Waals surface area contributed by atoms with Gasteiger partial charge in [0, 0.05) is 6.42 Å². The number of halogens is 5. The van der Waals surface area contributed by atoms with Crippen molar-refractivity contribution < 1.29 is 26.7 Å². The molecule has 0 aromatic heterocycles. The number of hydrogen-bond donors (Lipinski definition) is 0. The van der Waals surface area contributed by atoms with Crippen LogP contribution in [0.2, 0.25) is 0 Å². The van der Waals surface area contributed by atoms with Crippen LogP contribution in [-0.4, -0.2) is 25.4 Å². The standard InChI is InChI=1S/C6H6F5NO/c1-12-3-2-4-13-6(10,11)5(7,8)9/h2-4H2. The topological polar surface area (TPSA) is 13.6 Å². The Hall–Kier alpha value is -0.900. The number of hydrogen-bond acceptors (Lipinski definition) is 1. The van der Waals surface area contributed by atoms with Gasteiger partial charge in [0.1, 0.15) is 0 Å². The molecule has 0 aromatic carbocycles. The first-order valence-corrected chi connectivity index (χ1v) is 3.23. The summed E-state index contributed by atoms with van der Waals surface area (Å²) < 4.78 is 61.4. The van der Waals surface area contributed by atoms with Gasteiger partial charge in [0.15, 0.2) is 0 Å². The first-order chi connectivity index (χ1) is 5.81. The van der Waals surface area contributed by atoms with Crippen LogP contribution in [0.15, 0.2) is 0 Å². The predicted octanol–water partition coefficient (Wildman–Crippen LogP) is 2.47. The van der Waals surface area contributed by atoms with Crippen molar-refractivity contribution in [2.24, 2.45) is 0 Å². The van der Waals surface area contributed by atoms with Gasteiger partial charge in [0.25, 0.3) is 0 Å². The molecule has 0 unspecified atom stereocenters. The smallest absolute Gasteiger partial charge is 0.317 e. The molecule has 76 valence electrons. The molecule has 13 heavy (non-hydrogen) atoms. The second kappa shape index (κ2) is 4.37. The van der Waals surface area contributed by atoms with Crippen LogP contribution < -0.4 is 0 Å². The molecular formula is C6H6F5NO. The van der Waals surface area contributed by atoms with E-state index in [2.05, 4.69) is 9.58 Å². The molecule has 0 amide bonds. The van der Waals surface area contributed by atoms with E-state index in [1.54, 1.807) is 0 Å². The zero-order chi connectivity index (χ0) is 10.5. The minimum absolute atomic E-state index is 0.131. The minimum atomic E-state index is -5.69. The summed E-state index contributed by atoms with van der Waals surface area (Å²) >= 11 is 0. The third-order valence-corrected chi connectivity index (χ3v) is 1.03. The molecule has 0 heterocycles. The van der Waals surface area contributed by atoms with Crippen LogP contribution in [0.3, 0.4) is 0 Å². The molecule has 0 aromatic rings. The Kier molecular flexibility index (Phi) is 4.07. The van der Waals surface area contributed by atoms with Crippen molar-refractivity contribution in [3.8, 4) is 0 Å². The molecule has 0 fully saturated rings. The molecule has 2 nitrogen and oxygen atoms in total. The Morgan fingerprint density at radius 2 is 1.69 bits per heavy atom. The van der Waals surface area contributed by atoms with Crippen LogP contribution >= 0.6 is 0 Å². The monoisotopic (exact) mass is 203 g/mol. The van der Waals surface area contributed by atoms with E-state index in [4.69, 9.17) is 6.57 Å². The second-order valence-corrected chi connectivity index (χ2v) is 2.10. The van der Waals surface area contributed by atoms with E-state index in [9.17, 15) is 22.0 Å². The molecule has 0 aliphatic heterocycles. The summed E-state index contributed by atoms with van der Waals surface area (Å²) in [6, 6.07) is 0. The minimum Gasteiger partial charge on any atom is -0.317 e. The van der Waals surface area contributed by atoms with Crippen LogP contribution in [0, 0.1) is 6.57 Å². The van der Waals surface area contributed by atoms with Crippen molar-refractivity contribution in [2.45, 2.75) is 18.7 Å². The molecule has 7 heteroatoms. The Bertz CT molecular complexity index is 194. The van der Waals surface area contributed by atoms with E-state index in [0.29, 0.717) is 0 Å². The van der Waals surface area contributed by atoms with E-state index < -0.39 is 18.9 Å². The molecule has 0 saturated carbocycles. The number of ether oxygens (including phenoxy) is 1. The fourth-order valence-corrected chi connectivity index (χ4v) is 0.426. The highest BCUT2D eigenvalue weighted by molar-refractivity contribution is 4.65. The maximum atomic E-state index is 11.9. The van der Waals surface area contributed by atoms with E-state index in [1.807, 2.05) is 0 Å². The second-order valence-electron chi connectivity index (χ2n) is 2.10. The fraction of sp³-hybridized carbons (Fsp3) is 0.833. The molecule has 0 N–H and O–H groups in total. The molecule has 0 bridgehead atoms. The van der Waals surface area contributed by atoms with Crippen LogP contribution in [0.1, 0.15) is 6.42 Å². The number of alkyl halides is 5. The van der Waals surface area contributed by atoms with Gasteiger partial charge in [0.2, 0.25) is 6.54 Å². The average Bonchev–Trinajstić information content (AvgIpc) is 1.96. The van der Waals surface area contributed by atoms with Crippen molar-refractivity contribution in [1.29, 1.82) is 0 Å². The molecule has 0 atom stereocenters. The van der Waals surface area contributed by atoms with Crippen molar-refractivity contribution >= 4 is 0 Å². The average molecular weight is 203 g/mol. The van der Waals surface area contributed by atoms with Gasteiger partial charge in [0.05, 0.1) is 6.61 Å². The first kappa shape index (κ1) is 12.1. The van der Waals surface area contributed by atoms with E-state index >= 15 is 0 Å². The lowest BCUT2D eigenvalue weighted by Gasteiger charge is -2.18. The molecule has 0 spiro atoms. The third kappa shape index (κ3) is 4.03. The predicted molar refractivity (Wildman–Crippen MR) is 33.0 cm³/mol. The maximum Gasteiger partial charge on any atom is 0.482 e. The highest BCUT2D eigenvalue weighted by atomic mass is 19.4.